The molecule has 11 rings (SSSR count). The minimum absolute atomic E-state index is 0.867. The number of hydrogen-bond acceptors (Lipinski definition) is 2. The van der Waals surface area contributed by atoms with Crippen LogP contribution in [0.15, 0.2) is 217 Å². The molecule has 0 radical (unpaired) electrons. The molecule has 0 fully saturated rings. The van der Waals surface area contributed by atoms with Crippen LogP contribution in [0.3, 0.4) is 0 Å². The van der Waals surface area contributed by atoms with Crippen LogP contribution in [0.1, 0.15) is 0 Å². The Morgan fingerprint density at radius 3 is 1.23 bits per heavy atom. The van der Waals surface area contributed by atoms with Gasteiger partial charge in [-0.05, 0) is 109 Å². The van der Waals surface area contributed by atoms with E-state index in [1.807, 2.05) is 12.1 Å². The van der Waals surface area contributed by atoms with Gasteiger partial charge in [-0.3, -0.25) is 0 Å². The third-order valence-corrected chi connectivity index (χ3v) is 11.3. The SMILES string of the molecule is c1ccc(-c2ccc(-c3ccc(N(c4ccc5c(c4)-c4ccccc4-c4ccccc4-c4ccccc4-5)c4ccc5c(c4)oc4ccccc45)cc3)cc2)cc1. The lowest BCUT2D eigenvalue weighted by Crippen LogP contribution is -2.10. The van der Waals surface area contributed by atoms with Gasteiger partial charge < -0.3 is 9.32 Å². The molecular weight excluding hydrogens is 679 g/mol. The summed E-state index contributed by atoms with van der Waals surface area (Å²) in [6, 6.07) is 76.6. The van der Waals surface area contributed by atoms with E-state index in [4.69, 9.17) is 4.42 Å². The second-order valence-corrected chi connectivity index (χ2v) is 14.5. The molecule has 1 aromatic heterocycles. The van der Waals surface area contributed by atoms with Gasteiger partial charge in [0, 0.05) is 33.9 Å². The molecule has 0 bridgehead atoms. The Labute approximate surface area is 326 Å². The Bertz CT molecular complexity index is 3060. The maximum Gasteiger partial charge on any atom is 0.137 e. The van der Waals surface area contributed by atoms with E-state index in [-0.39, 0.29) is 0 Å². The normalized spacial score (nSPS) is 11.6. The van der Waals surface area contributed by atoms with Gasteiger partial charge in [0.2, 0.25) is 0 Å². The Morgan fingerprint density at radius 2 is 0.643 bits per heavy atom. The van der Waals surface area contributed by atoms with Crippen LogP contribution in [0.25, 0.3) is 88.7 Å². The van der Waals surface area contributed by atoms with Crippen molar-refractivity contribution in [1.29, 1.82) is 0 Å². The number of furan rings is 1. The van der Waals surface area contributed by atoms with Crippen LogP contribution in [0.2, 0.25) is 0 Å². The van der Waals surface area contributed by atoms with E-state index >= 15 is 0 Å². The molecule has 1 aliphatic rings. The Kier molecular flexibility index (Phi) is 7.53. The minimum Gasteiger partial charge on any atom is -0.456 e. The molecular formula is C54H35NO. The highest BCUT2D eigenvalue weighted by Crippen LogP contribution is 2.49. The lowest BCUT2D eigenvalue weighted by Gasteiger charge is -2.28. The molecule has 9 aromatic carbocycles. The Balaban J connectivity index is 1.08. The molecule has 0 spiro atoms. The largest absolute Gasteiger partial charge is 0.456 e. The molecule has 0 saturated carbocycles. The van der Waals surface area contributed by atoms with Crippen LogP contribution in [0, 0.1) is 0 Å². The highest BCUT2D eigenvalue weighted by molar-refractivity contribution is 6.07. The van der Waals surface area contributed by atoms with Gasteiger partial charge in [0.15, 0.2) is 0 Å². The summed E-state index contributed by atoms with van der Waals surface area (Å²) in [7, 11) is 0. The Morgan fingerprint density at radius 1 is 0.250 bits per heavy atom. The van der Waals surface area contributed by atoms with Crippen LogP contribution in [0.4, 0.5) is 17.1 Å². The third kappa shape index (κ3) is 5.34. The van der Waals surface area contributed by atoms with E-state index < -0.39 is 0 Å². The van der Waals surface area contributed by atoms with Crippen molar-refractivity contribution in [2.45, 2.75) is 0 Å². The summed E-state index contributed by atoms with van der Waals surface area (Å²) in [5, 5.41) is 2.24. The minimum atomic E-state index is 0.867. The van der Waals surface area contributed by atoms with Gasteiger partial charge in [-0.2, -0.15) is 0 Å². The van der Waals surface area contributed by atoms with Gasteiger partial charge in [0.05, 0.1) is 0 Å². The zero-order chi connectivity index (χ0) is 37.0. The zero-order valence-electron chi connectivity index (χ0n) is 30.6. The van der Waals surface area contributed by atoms with E-state index in [1.54, 1.807) is 0 Å². The maximum atomic E-state index is 6.45. The van der Waals surface area contributed by atoms with Crippen molar-refractivity contribution in [1.82, 2.24) is 0 Å². The zero-order valence-corrected chi connectivity index (χ0v) is 30.6. The van der Waals surface area contributed by atoms with Gasteiger partial charge in [-0.1, -0.05) is 164 Å². The summed E-state index contributed by atoms with van der Waals surface area (Å²) in [6.07, 6.45) is 0. The number of benzene rings is 9. The molecule has 10 aromatic rings. The smallest absolute Gasteiger partial charge is 0.137 e. The van der Waals surface area contributed by atoms with Crippen molar-refractivity contribution in [2.75, 3.05) is 4.90 Å². The number of fused-ring (bicyclic) bond motifs is 11. The highest BCUT2D eigenvalue weighted by Gasteiger charge is 2.24. The maximum absolute atomic E-state index is 6.45. The second-order valence-electron chi connectivity index (χ2n) is 14.5. The fourth-order valence-electron chi connectivity index (χ4n) is 8.58. The summed E-state index contributed by atoms with van der Waals surface area (Å²) in [6.45, 7) is 0. The summed E-state index contributed by atoms with van der Waals surface area (Å²) >= 11 is 0. The molecule has 0 amide bonds. The first-order valence-corrected chi connectivity index (χ1v) is 19.2. The quantitative estimate of drug-likeness (QED) is 0.177. The van der Waals surface area contributed by atoms with Gasteiger partial charge >= 0.3 is 0 Å². The summed E-state index contributed by atoms with van der Waals surface area (Å²) in [5.74, 6) is 0. The van der Waals surface area contributed by atoms with Crippen LogP contribution in [-0.4, -0.2) is 0 Å². The molecule has 2 heteroatoms. The molecule has 0 N–H and O–H groups in total. The summed E-state index contributed by atoms with van der Waals surface area (Å²) < 4.78 is 6.45. The average Bonchev–Trinajstić information content (AvgIpc) is 3.65. The number of rotatable bonds is 5. The second kappa shape index (κ2) is 13.2. The first kappa shape index (κ1) is 32.0. The van der Waals surface area contributed by atoms with E-state index in [9.17, 15) is 0 Å². The first-order chi connectivity index (χ1) is 27.8. The van der Waals surface area contributed by atoms with Gasteiger partial charge in [-0.15, -0.1) is 0 Å². The topological polar surface area (TPSA) is 16.4 Å². The molecule has 1 heterocycles. The van der Waals surface area contributed by atoms with Crippen LogP contribution in [0.5, 0.6) is 0 Å². The van der Waals surface area contributed by atoms with Gasteiger partial charge in [0.25, 0.3) is 0 Å². The van der Waals surface area contributed by atoms with Crippen LogP contribution >= 0.6 is 0 Å². The van der Waals surface area contributed by atoms with Crippen LogP contribution < -0.4 is 4.90 Å². The Hall–Kier alpha value is -7.42. The van der Waals surface area contributed by atoms with E-state index in [2.05, 4.69) is 205 Å². The molecule has 56 heavy (non-hydrogen) atoms. The lowest BCUT2D eigenvalue weighted by molar-refractivity contribution is 0.669. The predicted molar refractivity (Wildman–Crippen MR) is 235 cm³/mol. The molecule has 262 valence electrons. The molecule has 0 saturated heterocycles. The van der Waals surface area contributed by atoms with E-state index in [0.29, 0.717) is 0 Å². The number of anilines is 3. The van der Waals surface area contributed by atoms with Gasteiger partial charge in [0.1, 0.15) is 11.2 Å². The molecule has 1 aliphatic carbocycles. The van der Waals surface area contributed by atoms with Crippen molar-refractivity contribution in [2.24, 2.45) is 0 Å². The van der Waals surface area contributed by atoms with E-state index in [1.165, 1.54) is 66.8 Å². The summed E-state index contributed by atoms with van der Waals surface area (Å²) in [5.41, 5.74) is 19.5. The third-order valence-electron chi connectivity index (χ3n) is 11.3. The standard InChI is InChI=1S/C54H35NO/c1-2-12-36(13-3-1)37-22-24-38(25-23-37)39-26-28-40(29-27-39)55(42-31-33-51-50-20-10-11-21-53(50)56-54(51)35-42)41-30-32-49-47-18-7-6-16-45(47)43-14-4-5-15-44(43)46-17-8-9-19-48(46)52(49)34-41/h1-35H. The van der Waals surface area contributed by atoms with Crippen molar-refractivity contribution < 1.29 is 4.42 Å². The monoisotopic (exact) mass is 713 g/mol. The fraction of sp³-hybridized carbons (Fsp3) is 0. The first-order valence-electron chi connectivity index (χ1n) is 19.2. The fourth-order valence-corrected chi connectivity index (χ4v) is 8.58. The van der Waals surface area contributed by atoms with Crippen molar-refractivity contribution in [3.05, 3.63) is 212 Å². The molecule has 2 nitrogen and oxygen atoms in total. The highest BCUT2D eigenvalue weighted by atomic mass is 16.3. The van der Waals surface area contributed by atoms with Crippen LogP contribution in [-0.2, 0) is 0 Å². The molecule has 0 atom stereocenters. The molecule has 0 unspecified atom stereocenters. The van der Waals surface area contributed by atoms with E-state index in [0.717, 1.165) is 39.0 Å². The number of nitrogens with zero attached hydrogens (tertiary/aromatic N) is 1. The number of para-hydroxylation sites is 1. The van der Waals surface area contributed by atoms with Crippen molar-refractivity contribution >= 4 is 39.0 Å². The average molecular weight is 714 g/mol. The van der Waals surface area contributed by atoms with Crippen molar-refractivity contribution in [3.8, 4) is 66.8 Å². The van der Waals surface area contributed by atoms with Gasteiger partial charge in [-0.25, -0.2) is 0 Å². The lowest BCUT2D eigenvalue weighted by atomic mass is 9.81. The summed E-state index contributed by atoms with van der Waals surface area (Å²) in [4.78, 5) is 2.36. The number of hydrogen-bond donors (Lipinski definition) is 0. The predicted octanol–water partition coefficient (Wildman–Crippen LogP) is 15.4. The van der Waals surface area contributed by atoms with Crippen molar-refractivity contribution in [3.63, 3.8) is 0 Å². The molecule has 0 aliphatic heterocycles.